The minimum Gasteiger partial charge on any atom is -0.368 e. The highest BCUT2D eigenvalue weighted by Crippen LogP contribution is 2.29. The number of halogens is 1. The molecule has 1 atom stereocenters. The van der Waals surface area contributed by atoms with Crippen LogP contribution < -0.4 is 9.62 Å². The number of rotatable bonds is 6. The Morgan fingerprint density at radius 3 is 2.56 bits per heavy atom. The number of hydrogen-bond donors (Lipinski definition) is 1. The zero-order valence-corrected chi connectivity index (χ0v) is 22.3. The van der Waals surface area contributed by atoms with E-state index in [2.05, 4.69) is 25.2 Å². The zero-order valence-electron chi connectivity index (χ0n) is 19.9. The fourth-order valence-electron chi connectivity index (χ4n) is 4.55. The molecule has 0 spiro atoms. The Hall–Kier alpha value is -3.02. The van der Waals surface area contributed by atoms with E-state index in [-0.39, 0.29) is 23.4 Å². The Labute approximate surface area is 220 Å². The Morgan fingerprint density at radius 1 is 1.17 bits per heavy atom. The van der Waals surface area contributed by atoms with Gasteiger partial charge in [-0.3, -0.25) is 9.52 Å². The zero-order chi connectivity index (χ0) is 25.4. The van der Waals surface area contributed by atoms with E-state index in [9.17, 15) is 13.2 Å². The summed E-state index contributed by atoms with van der Waals surface area (Å²) in [4.78, 5) is 21.5. The van der Waals surface area contributed by atoms with Crippen molar-refractivity contribution >= 4 is 61.8 Å². The lowest BCUT2D eigenvalue weighted by atomic mass is 10.1. The number of sulfonamides is 1. The number of hydrogen-bond acceptors (Lipinski definition) is 7. The predicted octanol–water partition coefficient (Wildman–Crippen LogP) is 3.55. The number of anilines is 2. The van der Waals surface area contributed by atoms with Gasteiger partial charge in [0, 0.05) is 68.4 Å². The number of carbonyl (C=O) groups is 1. The largest absolute Gasteiger partial charge is 0.368 e. The first-order valence-electron chi connectivity index (χ1n) is 11.6. The van der Waals surface area contributed by atoms with Gasteiger partial charge >= 0.3 is 0 Å². The summed E-state index contributed by atoms with van der Waals surface area (Å²) in [6, 6.07) is 12.2. The van der Waals surface area contributed by atoms with Crippen LogP contribution in [0, 0.1) is 6.92 Å². The molecule has 2 aliphatic heterocycles. The Balaban J connectivity index is 0.00000320. The molecule has 2 aromatic carbocycles. The van der Waals surface area contributed by atoms with Gasteiger partial charge in [-0.15, -0.1) is 0 Å². The highest BCUT2D eigenvalue weighted by molar-refractivity contribution is 7.93. The molecule has 36 heavy (non-hydrogen) atoms. The molecule has 2 aliphatic rings. The van der Waals surface area contributed by atoms with Crippen LogP contribution in [-0.2, 0) is 21.2 Å². The minimum absolute atomic E-state index is 0. The molecule has 1 aromatic heterocycles. The standard InChI is InChI=1S/C24H26ClN6O3S2.H2/c1-16(31-10-9-18-15-19(25)3-8-22(18)31)23(32)30-13-11-29(12-14-30)20-4-6-21(7-5-20)36(33,34)28-24-26-17(2)27-35-24;/h3-8,10,15-16H,9,11-14H2,1-2H3,(H,26,27,28);1H/q+1;. The number of nitrogens with one attached hydrogen (secondary N) is 1. The van der Waals surface area contributed by atoms with Crippen molar-refractivity contribution in [2.45, 2.75) is 31.2 Å². The van der Waals surface area contributed by atoms with E-state index in [1.807, 2.05) is 34.6 Å². The maximum atomic E-state index is 13.2. The van der Waals surface area contributed by atoms with Crippen molar-refractivity contribution in [1.29, 1.82) is 0 Å². The molecule has 1 fully saturated rings. The SMILES string of the molecule is Cc1nsc(NS(=O)(=O)c2ccc(N3CCN(C(=O)C(C)[N+]4=CCc5cc(Cl)ccc54)CC3)cc2)n1.[HH]. The second-order valence-electron chi connectivity index (χ2n) is 8.80. The summed E-state index contributed by atoms with van der Waals surface area (Å²) in [5.41, 5.74) is 3.08. The second kappa shape index (κ2) is 9.79. The van der Waals surface area contributed by atoms with E-state index in [0.29, 0.717) is 37.0 Å². The van der Waals surface area contributed by atoms with Crippen LogP contribution in [0.5, 0.6) is 0 Å². The third-order valence-electron chi connectivity index (χ3n) is 6.46. The van der Waals surface area contributed by atoms with Gasteiger partial charge in [-0.05, 0) is 43.3 Å². The van der Waals surface area contributed by atoms with Crippen LogP contribution in [0.15, 0.2) is 47.4 Å². The molecule has 9 nitrogen and oxygen atoms in total. The summed E-state index contributed by atoms with van der Waals surface area (Å²) in [5, 5.41) is 0.943. The molecule has 1 saturated heterocycles. The van der Waals surface area contributed by atoms with Crippen molar-refractivity contribution in [2.24, 2.45) is 0 Å². The second-order valence-corrected chi connectivity index (χ2v) is 11.7. The van der Waals surface area contributed by atoms with Crippen LogP contribution in [-0.4, -0.2) is 71.6 Å². The van der Waals surface area contributed by atoms with Crippen molar-refractivity contribution in [3.8, 4) is 0 Å². The fourth-order valence-corrected chi connectivity index (χ4v) is 6.54. The van der Waals surface area contributed by atoms with Crippen molar-refractivity contribution in [3.05, 3.63) is 58.9 Å². The van der Waals surface area contributed by atoms with Gasteiger partial charge in [-0.25, -0.2) is 13.4 Å². The van der Waals surface area contributed by atoms with Crippen LogP contribution in [0.3, 0.4) is 0 Å². The van der Waals surface area contributed by atoms with Crippen molar-refractivity contribution in [3.63, 3.8) is 0 Å². The van der Waals surface area contributed by atoms with Gasteiger partial charge in [0.05, 0.1) is 11.3 Å². The van der Waals surface area contributed by atoms with Gasteiger partial charge in [-0.2, -0.15) is 8.95 Å². The number of nitrogens with zero attached hydrogens (tertiary/aromatic N) is 5. The number of aryl methyl sites for hydroxylation is 1. The van der Waals surface area contributed by atoms with Crippen LogP contribution in [0.4, 0.5) is 16.5 Å². The van der Waals surface area contributed by atoms with E-state index in [0.717, 1.165) is 34.9 Å². The lowest BCUT2D eigenvalue weighted by Crippen LogP contribution is -2.52. The van der Waals surface area contributed by atoms with E-state index >= 15 is 0 Å². The molecule has 190 valence electrons. The fraction of sp³-hybridized carbons (Fsp3) is 0.333. The Morgan fingerprint density at radius 2 is 1.89 bits per heavy atom. The van der Waals surface area contributed by atoms with Crippen LogP contribution in [0.2, 0.25) is 5.02 Å². The summed E-state index contributed by atoms with van der Waals surface area (Å²) in [5.74, 6) is 0.612. The molecule has 0 radical (unpaired) electrons. The van der Waals surface area contributed by atoms with Crippen LogP contribution >= 0.6 is 23.1 Å². The van der Waals surface area contributed by atoms with Gasteiger partial charge in [0.15, 0.2) is 6.21 Å². The summed E-state index contributed by atoms with van der Waals surface area (Å²) in [7, 11) is -3.74. The lowest BCUT2D eigenvalue weighted by molar-refractivity contribution is -0.460. The normalized spacial score (nSPS) is 16.5. The third-order valence-corrected chi connectivity index (χ3v) is 8.90. The summed E-state index contributed by atoms with van der Waals surface area (Å²) in [6.45, 7) is 6.18. The lowest BCUT2D eigenvalue weighted by Gasteiger charge is -2.36. The van der Waals surface area contributed by atoms with E-state index < -0.39 is 10.0 Å². The molecule has 1 amide bonds. The molecule has 3 aromatic rings. The first-order valence-corrected chi connectivity index (χ1v) is 14.2. The Bertz CT molecular complexity index is 1440. The van der Waals surface area contributed by atoms with Gasteiger partial charge in [-0.1, -0.05) is 11.6 Å². The van der Waals surface area contributed by atoms with E-state index in [1.54, 1.807) is 31.2 Å². The quantitative estimate of drug-likeness (QED) is 0.474. The highest BCUT2D eigenvalue weighted by Gasteiger charge is 2.35. The first-order chi connectivity index (χ1) is 17.2. The van der Waals surface area contributed by atoms with Crippen molar-refractivity contribution in [2.75, 3.05) is 35.8 Å². The molecule has 0 saturated carbocycles. The molecule has 12 heteroatoms. The monoisotopic (exact) mass is 547 g/mol. The Kier molecular flexibility index (Phi) is 6.71. The molecule has 0 bridgehead atoms. The van der Waals surface area contributed by atoms with Crippen molar-refractivity contribution < 1.29 is 19.2 Å². The number of amides is 1. The summed E-state index contributed by atoms with van der Waals surface area (Å²) in [6.07, 6.45) is 2.82. The first kappa shape index (κ1) is 24.7. The molecule has 0 aliphatic carbocycles. The van der Waals surface area contributed by atoms with Crippen molar-refractivity contribution in [1.82, 2.24) is 14.3 Å². The highest BCUT2D eigenvalue weighted by atomic mass is 35.5. The number of piperazine rings is 1. The number of fused-ring (bicyclic) bond motifs is 1. The van der Waals surface area contributed by atoms with Gasteiger partial charge < -0.3 is 9.80 Å². The topological polar surface area (TPSA) is 98.5 Å². The number of carbonyl (C=O) groups excluding carboxylic acids is 1. The van der Waals surface area contributed by atoms with Gasteiger partial charge in [0.25, 0.3) is 15.9 Å². The predicted molar refractivity (Wildman–Crippen MR) is 143 cm³/mol. The smallest absolute Gasteiger partial charge is 0.291 e. The van der Waals surface area contributed by atoms with Crippen LogP contribution in [0.1, 0.15) is 19.7 Å². The number of aromatic nitrogens is 2. The summed E-state index contributed by atoms with van der Waals surface area (Å²) >= 11 is 7.12. The molecular weight excluding hydrogens is 520 g/mol. The van der Waals surface area contributed by atoms with Gasteiger partial charge in [0.1, 0.15) is 5.82 Å². The van der Waals surface area contributed by atoms with Gasteiger partial charge in [0.2, 0.25) is 16.9 Å². The third kappa shape index (κ3) is 4.95. The molecule has 3 heterocycles. The van der Waals surface area contributed by atoms with E-state index in [1.165, 1.54) is 0 Å². The summed E-state index contributed by atoms with van der Waals surface area (Å²) < 4.78 is 33.8. The maximum Gasteiger partial charge on any atom is 0.291 e. The number of benzene rings is 2. The average molecular weight is 548 g/mol. The molecule has 1 unspecified atom stereocenters. The van der Waals surface area contributed by atoms with E-state index in [4.69, 9.17) is 11.6 Å². The molecule has 1 N–H and O–H groups in total. The average Bonchev–Trinajstić information content (AvgIpc) is 3.48. The minimum atomic E-state index is -3.74. The maximum absolute atomic E-state index is 13.2. The molecular formula is C24H28ClN6O3S2+. The molecule has 5 rings (SSSR count). The van der Waals surface area contributed by atoms with Crippen LogP contribution in [0.25, 0.3) is 0 Å².